The minimum absolute atomic E-state index is 0.0363. The quantitative estimate of drug-likeness (QED) is 0.231. The summed E-state index contributed by atoms with van der Waals surface area (Å²) in [5, 5.41) is 0.958. The van der Waals surface area contributed by atoms with Crippen molar-refractivity contribution in [2.24, 2.45) is 0 Å². The molecule has 1 saturated heterocycles. The Morgan fingerprint density at radius 2 is 1.54 bits per heavy atom. The number of likely N-dealkylation sites (tertiary alicyclic amines) is 1. The fourth-order valence-corrected chi connectivity index (χ4v) is 5.56. The molecular formula is C31H27F6N3O. The topological polar surface area (TPSA) is 36.4 Å². The third kappa shape index (κ3) is 6.16. The van der Waals surface area contributed by atoms with Crippen molar-refractivity contribution < 1.29 is 31.1 Å². The predicted molar refractivity (Wildman–Crippen MR) is 145 cm³/mol. The van der Waals surface area contributed by atoms with Gasteiger partial charge in [-0.05, 0) is 55.2 Å². The Morgan fingerprint density at radius 3 is 2.20 bits per heavy atom. The van der Waals surface area contributed by atoms with Crippen LogP contribution in [0.1, 0.15) is 39.9 Å². The van der Waals surface area contributed by atoms with Gasteiger partial charge < -0.3 is 9.80 Å². The number of fused-ring (bicyclic) bond motifs is 1. The fraction of sp³-hybridized carbons (Fsp3) is 0.290. The molecule has 0 aliphatic carbocycles. The van der Waals surface area contributed by atoms with Gasteiger partial charge in [-0.1, -0.05) is 48.5 Å². The average Bonchev–Trinajstić information content (AvgIpc) is 2.95. The van der Waals surface area contributed by atoms with Gasteiger partial charge in [0, 0.05) is 48.5 Å². The SMILES string of the molecule is CN(c1ccnc2ccccc12)[C@H]1CCN(C(=O)c2cc(C(F)(F)F)cc(C(F)(F)F)c2)[C@H](Cc2ccccc2)C1. The van der Waals surface area contributed by atoms with Crippen molar-refractivity contribution in [1.29, 1.82) is 0 Å². The van der Waals surface area contributed by atoms with Crippen LogP contribution in [0.4, 0.5) is 32.0 Å². The Bertz CT molecular complexity index is 1500. The molecule has 10 heteroatoms. The summed E-state index contributed by atoms with van der Waals surface area (Å²) in [5.41, 5.74) is -0.948. The molecule has 0 N–H and O–H groups in total. The van der Waals surface area contributed by atoms with Crippen LogP contribution in [-0.4, -0.2) is 41.5 Å². The summed E-state index contributed by atoms with van der Waals surface area (Å²) in [6, 6.07) is 19.5. The van der Waals surface area contributed by atoms with Gasteiger partial charge in [0.15, 0.2) is 0 Å². The van der Waals surface area contributed by atoms with Crippen molar-refractivity contribution in [2.45, 2.75) is 43.7 Å². The summed E-state index contributed by atoms with van der Waals surface area (Å²) in [6.07, 6.45) is -7.00. The van der Waals surface area contributed by atoms with Crippen molar-refractivity contribution in [2.75, 3.05) is 18.5 Å². The number of carbonyl (C=O) groups is 1. The number of amides is 1. The number of pyridine rings is 1. The number of piperidine rings is 1. The zero-order valence-corrected chi connectivity index (χ0v) is 22.1. The van der Waals surface area contributed by atoms with Crippen molar-refractivity contribution in [3.63, 3.8) is 0 Å². The molecule has 0 saturated carbocycles. The molecule has 2 heterocycles. The Kier molecular flexibility index (Phi) is 7.68. The summed E-state index contributed by atoms with van der Waals surface area (Å²) in [7, 11) is 1.95. The molecule has 4 aromatic rings. The number of alkyl halides is 6. The van der Waals surface area contributed by atoms with E-state index in [0.29, 0.717) is 31.4 Å². The molecule has 2 atom stereocenters. The molecule has 4 nitrogen and oxygen atoms in total. The van der Waals surface area contributed by atoms with Gasteiger partial charge in [0.05, 0.1) is 16.6 Å². The Balaban J connectivity index is 1.48. The second kappa shape index (κ2) is 11.1. The van der Waals surface area contributed by atoms with Crippen molar-refractivity contribution >= 4 is 22.5 Å². The minimum atomic E-state index is -5.04. The van der Waals surface area contributed by atoms with Crippen molar-refractivity contribution in [1.82, 2.24) is 9.88 Å². The Hall–Kier alpha value is -4.08. The summed E-state index contributed by atoms with van der Waals surface area (Å²) in [4.78, 5) is 21.6. The first-order valence-electron chi connectivity index (χ1n) is 13.1. The van der Waals surface area contributed by atoms with Crippen LogP contribution in [0.15, 0.2) is 85.1 Å². The monoisotopic (exact) mass is 571 g/mol. The van der Waals surface area contributed by atoms with E-state index in [1.807, 2.05) is 67.7 Å². The van der Waals surface area contributed by atoms with E-state index in [0.717, 1.165) is 22.2 Å². The molecule has 1 aliphatic heterocycles. The van der Waals surface area contributed by atoms with Crippen molar-refractivity contribution in [3.8, 4) is 0 Å². The van der Waals surface area contributed by atoms with Gasteiger partial charge >= 0.3 is 12.4 Å². The number of benzene rings is 3. The van der Waals surface area contributed by atoms with E-state index in [-0.39, 0.29) is 18.7 Å². The van der Waals surface area contributed by atoms with Gasteiger partial charge in [-0.3, -0.25) is 9.78 Å². The number of aromatic nitrogens is 1. The summed E-state index contributed by atoms with van der Waals surface area (Å²) in [6.45, 7) is 0.173. The van der Waals surface area contributed by atoms with E-state index in [1.165, 1.54) is 4.90 Å². The lowest BCUT2D eigenvalue weighted by molar-refractivity contribution is -0.143. The number of nitrogens with zero attached hydrogens (tertiary/aromatic N) is 3. The first-order chi connectivity index (χ1) is 19.4. The van der Waals surface area contributed by atoms with Crippen LogP contribution in [-0.2, 0) is 18.8 Å². The molecule has 214 valence electrons. The lowest BCUT2D eigenvalue weighted by Crippen LogP contribution is -2.52. The molecule has 0 radical (unpaired) electrons. The minimum Gasteiger partial charge on any atom is -0.371 e. The van der Waals surface area contributed by atoms with Crippen LogP contribution in [0.3, 0.4) is 0 Å². The lowest BCUT2D eigenvalue weighted by Gasteiger charge is -2.43. The maximum absolute atomic E-state index is 13.6. The van der Waals surface area contributed by atoms with Crippen LogP contribution in [0.2, 0.25) is 0 Å². The molecule has 0 spiro atoms. The molecule has 1 aromatic heterocycles. The van der Waals surface area contributed by atoms with Crippen molar-refractivity contribution in [3.05, 3.63) is 107 Å². The zero-order chi connectivity index (χ0) is 29.4. The number of para-hydroxylation sites is 1. The zero-order valence-electron chi connectivity index (χ0n) is 22.1. The summed E-state index contributed by atoms with van der Waals surface area (Å²) in [5.74, 6) is -0.849. The Labute approximate surface area is 233 Å². The average molecular weight is 572 g/mol. The molecule has 5 rings (SSSR count). The molecule has 3 aromatic carbocycles. The van der Waals surface area contributed by atoms with Crippen LogP contribution in [0, 0.1) is 0 Å². The number of halogens is 6. The standard InChI is InChI=1S/C31H27F6N3O/c1-39(28-11-13-38-27-10-6-5-9-26(27)28)24-12-14-40(25(19-24)15-20-7-3-2-4-8-20)29(41)21-16-22(30(32,33)34)18-23(17-21)31(35,36)37/h2-11,13,16-18,24-25H,12,14-15,19H2,1H3/t24-,25+/m0/s1. The second-order valence-corrected chi connectivity index (χ2v) is 10.3. The van der Waals surface area contributed by atoms with Crippen LogP contribution in [0.5, 0.6) is 0 Å². The van der Waals surface area contributed by atoms with Gasteiger partial charge in [0.2, 0.25) is 0 Å². The van der Waals surface area contributed by atoms with E-state index >= 15 is 0 Å². The number of hydrogen-bond donors (Lipinski definition) is 0. The fourth-order valence-electron chi connectivity index (χ4n) is 5.56. The van der Waals surface area contributed by atoms with Gasteiger partial charge in [0.1, 0.15) is 0 Å². The third-order valence-electron chi connectivity index (χ3n) is 7.65. The lowest BCUT2D eigenvalue weighted by atomic mass is 9.90. The number of carbonyl (C=O) groups excluding carboxylic acids is 1. The highest BCUT2D eigenvalue weighted by molar-refractivity contribution is 5.95. The first kappa shape index (κ1) is 28.4. The van der Waals surface area contributed by atoms with E-state index < -0.39 is 41.0 Å². The highest BCUT2D eigenvalue weighted by atomic mass is 19.4. The first-order valence-corrected chi connectivity index (χ1v) is 13.1. The molecule has 1 aliphatic rings. The molecule has 0 unspecified atom stereocenters. The number of hydrogen-bond acceptors (Lipinski definition) is 3. The third-order valence-corrected chi connectivity index (χ3v) is 7.65. The smallest absolute Gasteiger partial charge is 0.371 e. The van der Waals surface area contributed by atoms with Crippen LogP contribution in [0.25, 0.3) is 10.9 Å². The van der Waals surface area contributed by atoms with Gasteiger partial charge in [-0.25, -0.2) is 0 Å². The van der Waals surface area contributed by atoms with Crippen LogP contribution < -0.4 is 4.90 Å². The highest BCUT2D eigenvalue weighted by Crippen LogP contribution is 2.38. The largest absolute Gasteiger partial charge is 0.416 e. The summed E-state index contributed by atoms with van der Waals surface area (Å²) >= 11 is 0. The maximum atomic E-state index is 13.6. The van der Waals surface area contributed by atoms with E-state index in [9.17, 15) is 31.1 Å². The van der Waals surface area contributed by atoms with E-state index in [1.54, 1.807) is 6.20 Å². The molecular weight excluding hydrogens is 544 g/mol. The highest BCUT2D eigenvalue weighted by Gasteiger charge is 2.39. The molecule has 0 bridgehead atoms. The number of anilines is 1. The van der Waals surface area contributed by atoms with E-state index in [4.69, 9.17) is 0 Å². The molecule has 1 fully saturated rings. The molecule has 1 amide bonds. The predicted octanol–water partition coefficient (Wildman–Crippen LogP) is 7.62. The van der Waals surface area contributed by atoms with Crippen LogP contribution >= 0.6 is 0 Å². The van der Waals surface area contributed by atoms with E-state index in [2.05, 4.69) is 9.88 Å². The van der Waals surface area contributed by atoms with Gasteiger partial charge in [-0.15, -0.1) is 0 Å². The number of rotatable bonds is 5. The Morgan fingerprint density at radius 1 is 0.902 bits per heavy atom. The summed E-state index contributed by atoms with van der Waals surface area (Å²) < 4.78 is 81.1. The second-order valence-electron chi connectivity index (χ2n) is 10.3. The van der Waals surface area contributed by atoms with Gasteiger partial charge in [-0.2, -0.15) is 26.3 Å². The normalized spacial score (nSPS) is 18.0. The van der Waals surface area contributed by atoms with Gasteiger partial charge in [0.25, 0.3) is 5.91 Å². The molecule has 41 heavy (non-hydrogen) atoms. The maximum Gasteiger partial charge on any atom is 0.416 e.